The standard InChI is InChI=1S/C14H18N2O.C7H10O2/c1-2-3-4-10-17-13-9-8-11-6-5-7-12(15)14(11)16-13;8-7(9)6-4-2-1-3-5-6/h5-9H,2-4,10,15H2,1H3;4H,1-3,5H2,(H,8,9). The number of nitrogens with zero attached hydrogens (tertiary/aromatic N) is 1. The van der Waals surface area contributed by atoms with E-state index in [1.54, 1.807) is 0 Å². The van der Waals surface area contributed by atoms with Crippen molar-refractivity contribution in [3.8, 4) is 5.88 Å². The molecule has 1 aliphatic rings. The second kappa shape index (κ2) is 10.4. The molecule has 0 saturated carbocycles. The first-order valence-corrected chi connectivity index (χ1v) is 9.32. The van der Waals surface area contributed by atoms with Crippen LogP contribution in [0, 0.1) is 0 Å². The van der Waals surface area contributed by atoms with E-state index in [1.807, 2.05) is 36.4 Å². The molecule has 3 N–H and O–H groups in total. The number of ether oxygens (including phenoxy) is 1. The van der Waals surface area contributed by atoms with Crippen LogP contribution in [-0.2, 0) is 4.79 Å². The van der Waals surface area contributed by atoms with Gasteiger partial charge in [-0.1, -0.05) is 38.0 Å². The monoisotopic (exact) mass is 356 g/mol. The van der Waals surface area contributed by atoms with Crippen LogP contribution in [-0.4, -0.2) is 22.7 Å². The van der Waals surface area contributed by atoms with E-state index in [1.165, 1.54) is 12.8 Å². The third kappa shape index (κ3) is 6.06. The number of hydrogen-bond acceptors (Lipinski definition) is 4. The quantitative estimate of drug-likeness (QED) is 0.564. The summed E-state index contributed by atoms with van der Waals surface area (Å²) in [6.45, 7) is 2.90. The predicted molar refractivity (Wildman–Crippen MR) is 105 cm³/mol. The highest BCUT2D eigenvalue weighted by Gasteiger charge is 2.09. The molecule has 5 heteroatoms. The number of para-hydroxylation sites is 1. The Morgan fingerprint density at radius 2 is 2.08 bits per heavy atom. The van der Waals surface area contributed by atoms with Gasteiger partial charge in [0.25, 0.3) is 0 Å². The first-order valence-electron chi connectivity index (χ1n) is 9.32. The Bertz CT molecular complexity index is 756. The minimum absolute atomic E-state index is 0.598. The number of nitrogen functional groups attached to an aromatic ring is 1. The van der Waals surface area contributed by atoms with Gasteiger partial charge in [0.15, 0.2) is 0 Å². The first kappa shape index (κ1) is 19.8. The zero-order valence-electron chi connectivity index (χ0n) is 15.4. The predicted octanol–water partition coefficient (Wildman–Crippen LogP) is 4.96. The van der Waals surface area contributed by atoms with Crippen LogP contribution < -0.4 is 10.5 Å². The molecule has 0 spiro atoms. The van der Waals surface area contributed by atoms with Gasteiger partial charge in [-0.25, -0.2) is 9.78 Å². The summed E-state index contributed by atoms with van der Waals surface area (Å²) in [6.07, 6.45) is 9.18. The molecule has 1 aliphatic carbocycles. The number of fused-ring (bicyclic) bond motifs is 1. The largest absolute Gasteiger partial charge is 0.478 e. The average Bonchev–Trinajstić information content (AvgIpc) is 2.67. The Hall–Kier alpha value is -2.56. The molecule has 0 unspecified atom stereocenters. The average molecular weight is 356 g/mol. The number of carboxylic acids is 1. The Balaban J connectivity index is 0.000000228. The molecule has 140 valence electrons. The van der Waals surface area contributed by atoms with Gasteiger partial charge in [-0.2, -0.15) is 0 Å². The summed E-state index contributed by atoms with van der Waals surface area (Å²) >= 11 is 0. The SMILES string of the molecule is CCCCCOc1ccc2cccc(N)c2n1.O=C(O)C1=CCCCC1. The van der Waals surface area contributed by atoms with Gasteiger partial charge in [-0.15, -0.1) is 0 Å². The van der Waals surface area contributed by atoms with Gasteiger partial charge in [0.2, 0.25) is 5.88 Å². The van der Waals surface area contributed by atoms with Gasteiger partial charge >= 0.3 is 5.97 Å². The van der Waals surface area contributed by atoms with Crippen LogP contribution in [0.2, 0.25) is 0 Å². The van der Waals surface area contributed by atoms with E-state index in [0.29, 0.717) is 17.1 Å². The molecule has 1 aromatic heterocycles. The number of allylic oxidation sites excluding steroid dienone is 1. The lowest BCUT2D eigenvalue weighted by atomic mass is 10.0. The van der Waals surface area contributed by atoms with E-state index in [-0.39, 0.29) is 0 Å². The summed E-state index contributed by atoms with van der Waals surface area (Å²) in [4.78, 5) is 14.7. The van der Waals surface area contributed by atoms with E-state index in [2.05, 4.69) is 11.9 Å². The number of aromatic nitrogens is 1. The molecule has 0 bridgehead atoms. The van der Waals surface area contributed by atoms with E-state index >= 15 is 0 Å². The fraction of sp³-hybridized carbons (Fsp3) is 0.429. The van der Waals surface area contributed by atoms with Crippen LogP contribution in [0.3, 0.4) is 0 Å². The minimum Gasteiger partial charge on any atom is -0.478 e. The first-order chi connectivity index (χ1) is 12.6. The number of carbonyl (C=O) groups is 1. The summed E-state index contributed by atoms with van der Waals surface area (Å²) in [6, 6.07) is 9.68. The second-order valence-electron chi connectivity index (χ2n) is 6.40. The fourth-order valence-corrected chi connectivity index (χ4v) is 2.79. The molecule has 1 heterocycles. The maximum Gasteiger partial charge on any atom is 0.331 e. The van der Waals surface area contributed by atoms with Gasteiger partial charge in [-0.05, 0) is 44.2 Å². The lowest BCUT2D eigenvalue weighted by molar-refractivity contribution is -0.132. The molecule has 2 aromatic rings. The van der Waals surface area contributed by atoms with Crippen molar-refractivity contribution in [2.24, 2.45) is 0 Å². The lowest BCUT2D eigenvalue weighted by Gasteiger charge is -2.06. The summed E-state index contributed by atoms with van der Waals surface area (Å²) in [5, 5.41) is 9.52. The van der Waals surface area contributed by atoms with Gasteiger partial charge in [0, 0.05) is 17.0 Å². The maximum absolute atomic E-state index is 10.3. The van der Waals surface area contributed by atoms with Crippen LogP contribution in [0.5, 0.6) is 5.88 Å². The topological polar surface area (TPSA) is 85.4 Å². The van der Waals surface area contributed by atoms with Crippen LogP contribution in [0.15, 0.2) is 42.0 Å². The van der Waals surface area contributed by atoms with Crippen LogP contribution in [0.25, 0.3) is 10.9 Å². The molecule has 0 atom stereocenters. The number of carboxylic acid groups (broad SMARTS) is 1. The molecule has 26 heavy (non-hydrogen) atoms. The van der Waals surface area contributed by atoms with Crippen LogP contribution in [0.1, 0.15) is 51.9 Å². The number of unbranched alkanes of at least 4 members (excludes halogenated alkanes) is 2. The Morgan fingerprint density at radius 3 is 2.73 bits per heavy atom. The Kier molecular flexibility index (Phi) is 7.93. The van der Waals surface area contributed by atoms with Crippen molar-refractivity contribution in [1.29, 1.82) is 0 Å². The van der Waals surface area contributed by atoms with Crippen molar-refractivity contribution in [2.45, 2.75) is 51.9 Å². The zero-order chi connectivity index (χ0) is 18.8. The van der Waals surface area contributed by atoms with Crippen molar-refractivity contribution in [1.82, 2.24) is 4.98 Å². The molecule has 0 aliphatic heterocycles. The molecule has 0 saturated heterocycles. The summed E-state index contributed by atoms with van der Waals surface area (Å²) in [7, 11) is 0. The summed E-state index contributed by atoms with van der Waals surface area (Å²) < 4.78 is 5.60. The number of rotatable bonds is 6. The van der Waals surface area contributed by atoms with E-state index in [0.717, 1.165) is 49.6 Å². The van der Waals surface area contributed by atoms with Crippen LogP contribution in [0.4, 0.5) is 5.69 Å². The minimum atomic E-state index is -0.741. The van der Waals surface area contributed by atoms with Gasteiger partial charge < -0.3 is 15.6 Å². The van der Waals surface area contributed by atoms with Gasteiger partial charge in [0.1, 0.15) is 0 Å². The molecule has 0 radical (unpaired) electrons. The van der Waals surface area contributed by atoms with Crippen LogP contribution >= 0.6 is 0 Å². The Labute approximate surface area is 154 Å². The maximum atomic E-state index is 10.3. The number of hydrogen-bond donors (Lipinski definition) is 2. The van der Waals surface area contributed by atoms with Crippen molar-refractivity contribution in [3.63, 3.8) is 0 Å². The summed E-state index contributed by atoms with van der Waals surface area (Å²) in [5.41, 5.74) is 8.00. The third-order valence-corrected chi connectivity index (χ3v) is 4.29. The fourth-order valence-electron chi connectivity index (χ4n) is 2.79. The van der Waals surface area contributed by atoms with Gasteiger partial charge in [-0.3, -0.25) is 0 Å². The number of pyridine rings is 1. The smallest absolute Gasteiger partial charge is 0.331 e. The molecule has 1 aromatic carbocycles. The van der Waals surface area contributed by atoms with E-state index in [9.17, 15) is 4.79 Å². The Morgan fingerprint density at radius 1 is 1.23 bits per heavy atom. The highest BCUT2D eigenvalue weighted by Crippen LogP contribution is 2.21. The number of aliphatic carboxylic acids is 1. The van der Waals surface area contributed by atoms with Gasteiger partial charge in [0.05, 0.1) is 17.8 Å². The number of anilines is 1. The molecule has 3 rings (SSSR count). The summed E-state index contributed by atoms with van der Waals surface area (Å²) in [5.74, 6) is -0.0822. The highest BCUT2D eigenvalue weighted by molar-refractivity contribution is 5.89. The van der Waals surface area contributed by atoms with Crippen molar-refractivity contribution in [3.05, 3.63) is 42.0 Å². The molecular weight excluding hydrogens is 328 g/mol. The molecule has 0 fully saturated rings. The highest BCUT2D eigenvalue weighted by atomic mass is 16.5. The third-order valence-electron chi connectivity index (χ3n) is 4.29. The van der Waals surface area contributed by atoms with Crippen molar-refractivity contribution < 1.29 is 14.6 Å². The van der Waals surface area contributed by atoms with E-state index < -0.39 is 5.97 Å². The molecular formula is C21H28N2O3. The normalized spacial score (nSPS) is 13.5. The molecule has 5 nitrogen and oxygen atoms in total. The zero-order valence-corrected chi connectivity index (χ0v) is 15.4. The number of nitrogens with two attached hydrogens (primary N) is 1. The molecule has 0 amide bonds. The number of benzene rings is 1. The second-order valence-corrected chi connectivity index (χ2v) is 6.40. The van der Waals surface area contributed by atoms with Crippen molar-refractivity contribution >= 4 is 22.6 Å². The van der Waals surface area contributed by atoms with E-state index in [4.69, 9.17) is 15.6 Å². The van der Waals surface area contributed by atoms with Crippen molar-refractivity contribution in [2.75, 3.05) is 12.3 Å². The lowest BCUT2D eigenvalue weighted by Crippen LogP contribution is -2.03.